The van der Waals surface area contributed by atoms with Gasteiger partial charge in [-0.3, -0.25) is 4.78 Å². The Bertz CT molecular complexity index is 1480. The van der Waals surface area contributed by atoms with Crippen molar-refractivity contribution in [2.24, 2.45) is 0 Å². The van der Waals surface area contributed by atoms with Crippen LogP contribution in [0.3, 0.4) is 0 Å². The van der Waals surface area contributed by atoms with Gasteiger partial charge in [-0.25, -0.2) is 14.2 Å². The van der Waals surface area contributed by atoms with Crippen molar-refractivity contribution in [3.05, 3.63) is 59.9 Å². The van der Waals surface area contributed by atoms with Crippen LogP contribution in [0.4, 0.5) is 17.3 Å². The van der Waals surface area contributed by atoms with Crippen LogP contribution in [0.15, 0.2) is 54.9 Å². The van der Waals surface area contributed by atoms with Crippen molar-refractivity contribution >= 4 is 49.6 Å². The largest absolute Gasteiger partial charge is 0.494 e. The second-order valence-corrected chi connectivity index (χ2v) is 11.6. The molecule has 1 aliphatic rings. The predicted molar refractivity (Wildman–Crippen MR) is 143 cm³/mol. The molecule has 0 saturated carbocycles. The first kappa shape index (κ1) is 23.4. The Labute approximate surface area is 209 Å². The molecular formula is C25H27ClN6O2S. The molecule has 10 heteroatoms. The third-order valence-electron chi connectivity index (χ3n) is 6.46. The monoisotopic (exact) mass is 510 g/mol. The Kier molecular flexibility index (Phi) is 6.29. The van der Waals surface area contributed by atoms with Gasteiger partial charge in [-0.1, -0.05) is 29.8 Å². The van der Waals surface area contributed by atoms with Crippen LogP contribution >= 0.6 is 11.6 Å². The number of hydrogen-bond donors (Lipinski definition) is 3. The van der Waals surface area contributed by atoms with E-state index in [-0.39, 0.29) is 5.25 Å². The number of fused-ring (bicyclic) bond motifs is 1. The molecule has 2 aromatic carbocycles. The maximum absolute atomic E-state index is 12.1. The van der Waals surface area contributed by atoms with Gasteiger partial charge in [0, 0.05) is 68.7 Å². The molecular weight excluding hydrogens is 484 g/mol. The van der Waals surface area contributed by atoms with Crippen molar-refractivity contribution in [3.8, 4) is 17.0 Å². The number of methoxy groups -OCH3 is 1. The van der Waals surface area contributed by atoms with E-state index in [1.165, 1.54) is 0 Å². The van der Waals surface area contributed by atoms with Gasteiger partial charge in [0.2, 0.25) is 5.95 Å². The molecule has 0 amide bonds. The minimum absolute atomic E-state index is 0.0463. The van der Waals surface area contributed by atoms with E-state index in [1.54, 1.807) is 19.6 Å². The lowest BCUT2D eigenvalue weighted by Crippen LogP contribution is -2.38. The maximum atomic E-state index is 12.1. The lowest BCUT2D eigenvalue weighted by Gasteiger charge is -2.34. The predicted octanol–water partition coefficient (Wildman–Crippen LogP) is 5.68. The van der Waals surface area contributed by atoms with Gasteiger partial charge >= 0.3 is 0 Å². The fourth-order valence-corrected chi connectivity index (χ4v) is 5.85. The number of aromatic nitrogens is 3. The molecule has 5 rings (SSSR count). The summed E-state index contributed by atoms with van der Waals surface area (Å²) >= 11 is 6.47. The minimum atomic E-state index is -2.51. The zero-order valence-corrected chi connectivity index (χ0v) is 21.1. The number of para-hydroxylation sites is 1. The molecule has 1 fully saturated rings. The molecule has 35 heavy (non-hydrogen) atoms. The maximum Gasteiger partial charge on any atom is 0.227 e. The highest BCUT2D eigenvalue weighted by atomic mass is 35.5. The van der Waals surface area contributed by atoms with Gasteiger partial charge in [-0.15, -0.1) is 0 Å². The summed E-state index contributed by atoms with van der Waals surface area (Å²) in [6.45, 7) is 1.52. The molecule has 0 spiro atoms. The topological polar surface area (TPSA) is 107 Å². The fraction of sp³-hybridized carbons (Fsp3) is 0.280. The summed E-state index contributed by atoms with van der Waals surface area (Å²) in [7, 11) is -0.880. The molecule has 1 atom stereocenters. The van der Waals surface area contributed by atoms with Crippen LogP contribution < -0.4 is 15.0 Å². The first-order valence-electron chi connectivity index (χ1n) is 11.3. The number of H-pyrrole nitrogens is 1. The zero-order valence-electron chi connectivity index (χ0n) is 19.5. The summed E-state index contributed by atoms with van der Waals surface area (Å²) in [4.78, 5) is 14.6. The van der Waals surface area contributed by atoms with Crippen molar-refractivity contribution in [2.45, 2.75) is 18.1 Å². The minimum Gasteiger partial charge on any atom is -0.494 e. The summed E-state index contributed by atoms with van der Waals surface area (Å²) in [5.74, 6) is 1.08. The highest BCUT2D eigenvalue weighted by Crippen LogP contribution is 2.35. The number of halogens is 1. The Hall–Kier alpha value is -3.30. The Morgan fingerprint density at radius 2 is 2.00 bits per heavy atom. The average molecular weight is 511 g/mol. The van der Waals surface area contributed by atoms with E-state index in [0.717, 1.165) is 53.8 Å². The lowest BCUT2D eigenvalue weighted by atomic mass is 10.1. The van der Waals surface area contributed by atoms with E-state index < -0.39 is 9.73 Å². The van der Waals surface area contributed by atoms with Gasteiger partial charge in [-0.2, -0.15) is 0 Å². The van der Waals surface area contributed by atoms with E-state index >= 15 is 0 Å². The van der Waals surface area contributed by atoms with Crippen LogP contribution in [0.2, 0.25) is 5.02 Å². The van der Waals surface area contributed by atoms with Crippen molar-refractivity contribution in [2.75, 3.05) is 36.7 Å². The molecule has 1 unspecified atom stereocenters. The first-order chi connectivity index (χ1) is 16.8. The van der Waals surface area contributed by atoms with E-state index in [2.05, 4.69) is 20.2 Å². The SMILES string of the molecule is COc1cc(N2CCC(S(C)(=N)=O)CC2)ccc1Nc1ncc(Cl)c(-c2c[nH]c3ccccc23)n1. The number of ether oxygens (including phenoxy) is 1. The zero-order chi connectivity index (χ0) is 24.6. The van der Waals surface area contributed by atoms with Crippen molar-refractivity contribution in [3.63, 3.8) is 0 Å². The van der Waals surface area contributed by atoms with Crippen LogP contribution in [0, 0.1) is 4.78 Å². The Morgan fingerprint density at radius 3 is 2.74 bits per heavy atom. The number of rotatable bonds is 6. The van der Waals surface area contributed by atoms with Crippen molar-refractivity contribution in [1.82, 2.24) is 15.0 Å². The molecule has 0 radical (unpaired) electrons. The molecule has 182 valence electrons. The number of hydrogen-bond acceptors (Lipinski definition) is 7. The molecule has 1 aliphatic heterocycles. The van der Waals surface area contributed by atoms with Gasteiger partial charge in [-0.05, 0) is 31.0 Å². The van der Waals surface area contributed by atoms with Gasteiger partial charge in [0.25, 0.3) is 0 Å². The Morgan fingerprint density at radius 1 is 1.23 bits per heavy atom. The number of anilines is 3. The third kappa shape index (κ3) is 4.78. The van der Waals surface area contributed by atoms with E-state index in [0.29, 0.717) is 22.4 Å². The molecule has 0 aliphatic carbocycles. The number of piperidine rings is 1. The highest BCUT2D eigenvalue weighted by molar-refractivity contribution is 7.92. The summed E-state index contributed by atoms with van der Waals surface area (Å²) in [5.41, 5.74) is 4.32. The summed E-state index contributed by atoms with van der Waals surface area (Å²) in [5, 5.41) is 4.72. The van der Waals surface area contributed by atoms with Gasteiger partial charge in [0.05, 0.1) is 29.7 Å². The highest BCUT2D eigenvalue weighted by Gasteiger charge is 2.25. The standard InChI is InChI=1S/C25H27ClN6O2S/c1-34-23-13-16(32-11-9-17(10-12-32)35(2,27)33)7-8-22(23)30-25-29-15-20(26)24(31-25)19-14-28-21-6-4-3-5-18(19)21/h3-8,13-15,17,27-28H,9-12H2,1-2H3,(H,29,30,31). The van der Waals surface area contributed by atoms with Crippen molar-refractivity contribution < 1.29 is 8.95 Å². The number of aromatic amines is 1. The van der Waals surface area contributed by atoms with Crippen LogP contribution in [0.25, 0.3) is 22.2 Å². The summed E-state index contributed by atoms with van der Waals surface area (Å²) < 4.78 is 25.6. The summed E-state index contributed by atoms with van der Waals surface area (Å²) in [6, 6.07) is 13.9. The van der Waals surface area contributed by atoms with Crippen LogP contribution in [0.5, 0.6) is 5.75 Å². The Balaban J connectivity index is 1.38. The smallest absolute Gasteiger partial charge is 0.227 e. The number of nitrogens with zero attached hydrogens (tertiary/aromatic N) is 3. The second kappa shape index (κ2) is 9.39. The van der Waals surface area contributed by atoms with Gasteiger partial charge in [0.15, 0.2) is 0 Å². The molecule has 3 N–H and O–H groups in total. The van der Waals surface area contributed by atoms with E-state index in [9.17, 15) is 4.21 Å². The normalized spacial score (nSPS) is 16.3. The lowest BCUT2D eigenvalue weighted by molar-refractivity contribution is 0.416. The quantitative estimate of drug-likeness (QED) is 0.308. The van der Waals surface area contributed by atoms with Crippen molar-refractivity contribution in [1.29, 1.82) is 4.78 Å². The van der Waals surface area contributed by atoms with Gasteiger partial charge < -0.3 is 19.9 Å². The molecule has 8 nitrogen and oxygen atoms in total. The molecule has 4 aromatic rings. The van der Waals surface area contributed by atoms with E-state index in [1.807, 2.05) is 48.7 Å². The van der Waals surface area contributed by atoms with Gasteiger partial charge in [0.1, 0.15) is 5.75 Å². The fourth-order valence-electron chi connectivity index (χ4n) is 4.55. The van der Waals surface area contributed by atoms with Crippen LogP contribution in [-0.4, -0.2) is 50.9 Å². The average Bonchev–Trinajstić information content (AvgIpc) is 3.29. The van der Waals surface area contributed by atoms with E-state index in [4.69, 9.17) is 26.1 Å². The molecule has 2 aromatic heterocycles. The number of nitrogens with one attached hydrogen (secondary N) is 3. The van der Waals surface area contributed by atoms with Crippen LogP contribution in [0.1, 0.15) is 12.8 Å². The molecule has 1 saturated heterocycles. The number of benzene rings is 2. The van der Waals surface area contributed by atoms with Crippen LogP contribution in [-0.2, 0) is 9.73 Å². The first-order valence-corrected chi connectivity index (χ1v) is 13.8. The third-order valence-corrected chi connectivity index (χ3v) is 8.48. The molecule has 3 heterocycles. The second-order valence-electron chi connectivity index (χ2n) is 8.74. The molecule has 0 bridgehead atoms. The summed E-state index contributed by atoms with van der Waals surface area (Å²) in [6.07, 6.45) is 6.53.